The molecule has 106 valence electrons. The Kier molecular flexibility index (Phi) is 6.26. The van der Waals surface area contributed by atoms with Crippen LogP contribution in [0.25, 0.3) is 0 Å². The normalized spacial score (nSPS) is 16.7. The summed E-state index contributed by atoms with van der Waals surface area (Å²) in [6, 6.07) is 6.49. The van der Waals surface area contributed by atoms with Crippen molar-refractivity contribution in [2.45, 2.75) is 13.0 Å². The largest absolute Gasteiger partial charge is 0.379 e. The van der Waals surface area contributed by atoms with Gasteiger partial charge in [0.15, 0.2) is 0 Å². The minimum absolute atomic E-state index is 0.721. The molecule has 0 aliphatic carbocycles. The molecule has 1 aromatic rings. The van der Waals surface area contributed by atoms with Crippen LogP contribution in [0, 0.1) is 0 Å². The first-order chi connectivity index (χ1) is 9.29. The van der Waals surface area contributed by atoms with Crippen LogP contribution in [-0.2, 0) is 22.5 Å². The van der Waals surface area contributed by atoms with Gasteiger partial charge in [0.05, 0.1) is 20.3 Å². The van der Waals surface area contributed by atoms with Gasteiger partial charge in [0.25, 0.3) is 0 Å². The number of rotatable bonds is 6. The quantitative estimate of drug-likeness (QED) is 0.809. The molecule has 0 amide bonds. The van der Waals surface area contributed by atoms with Crippen molar-refractivity contribution in [1.82, 2.24) is 10.4 Å². The molecule has 2 rings (SSSR count). The molecule has 0 spiro atoms. The monoisotopic (exact) mass is 328 g/mol. The van der Waals surface area contributed by atoms with Crippen LogP contribution in [0.2, 0.25) is 0 Å². The highest BCUT2D eigenvalue weighted by Crippen LogP contribution is 2.19. The predicted molar refractivity (Wildman–Crippen MR) is 79.0 cm³/mol. The summed E-state index contributed by atoms with van der Waals surface area (Å²) < 4.78 is 6.54. The number of hydrogen-bond donors (Lipinski definition) is 1. The fraction of sp³-hybridized carbons (Fsp3) is 0.571. The molecule has 1 aliphatic heterocycles. The predicted octanol–water partition coefficient (Wildman–Crippen LogP) is 1.97. The second-order valence-corrected chi connectivity index (χ2v) is 5.51. The van der Waals surface area contributed by atoms with Crippen molar-refractivity contribution in [3.8, 4) is 0 Å². The Morgan fingerprint density at radius 1 is 1.37 bits per heavy atom. The van der Waals surface area contributed by atoms with Crippen molar-refractivity contribution < 1.29 is 9.57 Å². The molecular formula is C14H21BrN2O2. The van der Waals surface area contributed by atoms with Crippen molar-refractivity contribution in [3.05, 3.63) is 33.8 Å². The van der Waals surface area contributed by atoms with Gasteiger partial charge in [-0.2, -0.15) is 5.48 Å². The van der Waals surface area contributed by atoms with Crippen LogP contribution >= 0.6 is 15.9 Å². The molecule has 1 heterocycles. The smallest absolute Gasteiger partial charge is 0.0594 e. The van der Waals surface area contributed by atoms with Crippen LogP contribution in [0.3, 0.4) is 0 Å². The topological polar surface area (TPSA) is 33.7 Å². The number of halogens is 1. The Labute approximate surface area is 123 Å². The lowest BCUT2D eigenvalue weighted by Gasteiger charge is -2.26. The summed E-state index contributed by atoms with van der Waals surface area (Å²) >= 11 is 3.65. The van der Waals surface area contributed by atoms with Crippen molar-refractivity contribution >= 4 is 15.9 Å². The van der Waals surface area contributed by atoms with E-state index in [4.69, 9.17) is 9.57 Å². The molecule has 1 aliphatic rings. The van der Waals surface area contributed by atoms with Gasteiger partial charge in [-0.05, 0) is 23.6 Å². The van der Waals surface area contributed by atoms with Gasteiger partial charge in [0.1, 0.15) is 0 Å². The van der Waals surface area contributed by atoms with Crippen molar-refractivity contribution in [1.29, 1.82) is 0 Å². The summed E-state index contributed by atoms with van der Waals surface area (Å²) in [5.74, 6) is 0. The first-order valence-corrected chi connectivity index (χ1v) is 7.42. The second-order valence-electron chi connectivity index (χ2n) is 4.66. The minimum atomic E-state index is 0.721. The number of nitrogens with zero attached hydrogens (tertiary/aromatic N) is 1. The fourth-order valence-electron chi connectivity index (χ4n) is 2.16. The Morgan fingerprint density at radius 3 is 2.84 bits per heavy atom. The SMILES string of the molecule is CONCc1ccc(CCN2CCOCC2)c(Br)c1. The zero-order valence-electron chi connectivity index (χ0n) is 11.3. The molecular weight excluding hydrogens is 308 g/mol. The van der Waals surface area contributed by atoms with E-state index in [1.165, 1.54) is 15.6 Å². The maximum Gasteiger partial charge on any atom is 0.0594 e. The highest BCUT2D eigenvalue weighted by Gasteiger charge is 2.10. The lowest BCUT2D eigenvalue weighted by Crippen LogP contribution is -2.37. The molecule has 0 unspecified atom stereocenters. The summed E-state index contributed by atoms with van der Waals surface area (Å²) in [6.45, 7) is 5.64. The van der Waals surface area contributed by atoms with Gasteiger partial charge < -0.3 is 9.57 Å². The summed E-state index contributed by atoms with van der Waals surface area (Å²) in [5.41, 5.74) is 5.42. The molecule has 1 aromatic carbocycles. The number of ether oxygens (including phenoxy) is 1. The number of hydroxylamine groups is 1. The first kappa shape index (κ1) is 14.9. The van der Waals surface area contributed by atoms with E-state index in [1.807, 2.05) is 0 Å². The van der Waals surface area contributed by atoms with Gasteiger partial charge in [-0.3, -0.25) is 4.90 Å². The third-order valence-corrected chi connectivity index (χ3v) is 4.08. The molecule has 0 aromatic heterocycles. The average Bonchev–Trinajstić information content (AvgIpc) is 2.45. The van der Waals surface area contributed by atoms with Crippen LogP contribution < -0.4 is 5.48 Å². The van der Waals surface area contributed by atoms with E-state index >= 15 is 0 Å². The number of hydrogen-bond acceptors (Lipinski definition) is 4. The molecule has 0 bridgehead atoms. The summed E-state index contributed by atoms with van der Waals surface area (Å²) in [6.07, 6.45) is 1.07. The number of nitrogens with one attached hydrogen (secondary N) is 1. The summed E-state index contributed by atoms with van der Waals surface area (Å²) in [5, 5.41) is 0. The van der Waals surface area contributed by atoms with E-state index in [-0.39, 0.29) is 0 Å². The second kappa shape index (κ2) is 7.97. The van der Waals surface area contributed by atoms with E-state index in [0.717, 1.165) is 45.8 Å². The first-order valence-electron chi connectivity index (χ1n) is 6.63. The van der Waals surface area contributed by atoms with Crippen LogP contribution in [0.1, 0.15) is 11.1 Å². The minimum Gasteiger partial charge on any atom is -0.379 e. The van der Waals surface area contributed by atoms with Gasteiger partial charge in [-0.25, -0.2) is 0 Å². The number of morpholine rings is 1. The average molecular weight is 329 g/mol. The third kappa shape index (κ3) is 4.85. The summed E-state index contributed by atoms with van der Waals surface area (Å²) in [7, 11) is 1.63. The van der Waals surface area contributed by atoms with Crippen LogP contribution in [0.15, 0.2) is 22.7 Å². The highest BCUT2D eigenvalue weighted by atomic mass is 79.9. The van der Waals surface area contributed by atoms with E-state index in [1.54, 1.807) is 7.11 Å². The molecule has 1 saturated heterocycles. The van der Waals surface area contributed by atoms with Gasteiger partial charge in [0, 0.05) is 30.7 Å². The third-order valence-electron chi connectivity index (χ3n) is 3.34. The Morgan fingerprint density at radius 2 is 2.16 bits per heavy atom. The molecule has 0 radical (unpaired) electrons. The van der Waals surface area contributed by atoms with Crippen LogP contribution in [0.5, 0.6) is 0 Å². The number of benzene rings is 1. The molecule has 1 N–H and O–H groups in total. The molecule has 19 heavy (non-hydrogen) atoms. The van der Waals surface area contributed by atoms with Crippen LogP contribution in [0.4, 0.5) is 0 Å². The molecule has 0 saturated carbocycles. The lowest BCUT2D eigenvalue weighted by atomic mass is 10.1. The molecule has 1 fully saturated rings. The van der Waals surface area contributed by atoms with Crippen LogP contribution in [-0.4, -0.2) is 44.9 Å². The maximum absolute atomic E-state index is 5.36. The van der Waals surface area contributed by atoms with E-state index in [0.29, 0.717) is 0 Å². The Bertz CT molecular complexity index is 395. The fourth-order valence-corrected chi connectivity index (χ4v) is 2.79. The van der Waals surface area contributed by atoms with Crippen molar-refractivity contribution in [2.75, 3.05) is 40.0 Å². The van der Waals surface area contributed by atoms with Gasteiger partial charge in [-0.1, -0.05) is 28.1 Å². The molecule has 4 nitrogen and oxygen atoms in total. The van der Waals surface area contributed by atoms with Crippen molar-refractivity contribution in [3.63, 3.8) is 0 Å². The lowest BCUT2D eigenvalue weighted by molar-refractivity contribution is 0.0384. The van der Waals surface area contributed by atoms with Gasteiger partial charge in [0.2, 0.25) is 0 Å². The maximum atomic E-state index is 5.36. The zero-order chi connectivity index (χ0) is 13.5. The standard InChI is InChI=1S/C14H21BrN2O2/c1-18-16-11-12-2-3-13(14(15)10-12)4-5-17-6-8-19-9-7-17/h2-3,10,16H,4-9,11H2,1H3. The van der Waals surface area contributed by atoms with E-state index in [9.17, 15) is 0 Å². The Hall–Kier alpha value is -0.460. The highest BCUT2D eigenvalue weighted by molar-refractivity contribution is 9.10. The van der Waals surface area contributed by atoms with E-state index < -0.39 is 0 Å². The summed E-state index contributed by atoms with van der Waals surface area (Å²) in [4.78, 5) is 7.31. The van der Waals surface area contributed by atoms with Gasteiger partial charge in [-0.15, -0.1) is 0 Å². The van der Waals surface area contributed by atoms with E-state index in [2.05, 4.69) is 44.5 Å². The Balaban J connectivity index is 1.85. The van der Waals surface area contributed by atoms with Gasteiger partial charge >= 0.3 is 0 Å². The molecule has 5 heteroatoms. The zero-order valence-corrected chi connectivity index (χ0v) is 12.9. The molecule has 0 atom stereocenters. The van der Waals surface area contributed by atoms with Crippen molar-refractivity contribution in [2.24, 2.45) is 0 Å².